The number of nitrogens with zero attached hydrogens (tertiary/aromatic N) is 3. The van der Waals surface area contributed by atoms with Crippen LogP contribution in [0, 0.1) is 17.8 Å². The van der Waals surface area contributed by atoms with Crippen molar-refractivity contribution in [3.05, 3.63) is 65.4 Å². The van der Waals surface area contributed by atoms with Crippen molar-refractivity contribution in [2.24, 2.45) is 17.8 Å². The summed E-state index contributed by atoms with van der Waals surface area (Å²) in [4.78, 5) is 23.2. The minimum absolute atomic E-state index is 0.171. The molecular formula is C44H70ClN5O5S. The average molecular weight is 817 g/mol. The molecular weight excluding hydrogens is 746 g/mol. The number of amides is 1. The Hall–Kier alpha value is -2.51. The first-order valence-corrected chi connectivity index (χ1v) is 22.7. The fourth-order valence-electron chi connectivity index (χ4n) is 8.39. The van der Waals surface area contributed by atoms with E-state index in [2.05, 4.69) is 101 Å². The Morgan fingerprint density at radius 3 is 2.41 bits per heavy atom. The van der Waals surface area contributed by atoms with Crippen molar-refractivity contribution in [3.8, 4) is 5.75 Å². The van der Waals surface area contributed by atoms with Gasteiger partial charge in [0.15, 0.2) is 11.6 Å². The van der Waals surface area contributed by atoms with Crippen LogP contribution in [0.5, 0.6) is 5.75 Å². The lowest BCUT2D eigenvalue weighted by Crippen LogP contribution is -2.51. The first-order chi connectivity index (χ1) is 27.1. The summed E-state index contributed by atoms with van der Waals surface area (Å²) < 4.78 is 26.2. The molecule has 2 bridgehead atoms. The van der Waals surface area contributed by atoms with E-state index in [1.165, 1.54) is 17.5 Å². The average Bonchev–Trinajstić information content (AvgIpc) is 3.39. The zero-order valence-electron chi connectivity index (χ0n) is 35.4. The third-order valence-electron chi connectivity index (χ3n) is 12.1. The molecule has 12 heteroatoms. The Morgan fingerprint density at radius 2 is 1.77 bits per heavy atom. The van der Waals surface area contributed by atoms with Gasteiger partial charge >= 0.3 is 0 Å². The number of aryl methyl sites for hydroxylation is 1. The number of alkyl halides is 1. The first kappa shape index (κ1) is 46.2. The summed E-state index contributed by atoms with van der Waals surface area (Å²) in [5.74, 6) is 7.11. The highest BCUT2D eigenvalue weighted by Gasteiger charge is 2.45. The van der Waals surface area contributed by atoms with Crippen LogP contribution in [-0.2, 0) is 20.6 Å². The molecule has 1 amide bonds. The van der Waals surface area contributed by atoms with E-state index < -0.39 is 10.7 Å². The maximum Gasteiger partial charge on any atom is 0.279 e. The number of allylic oxidation sites excluding steroid dienone is 1. The molecule has 0 spiro atoms. The normalized spacial score (nSPS) is 28.8. The number of rotatable bonds is 9. The molecule has 1 saturated carbocycles. The summed E-state index contributed by atoms with van der Waals surface area (Å²) in [6, 6.07) is 12.9. The standard InChI is InChI=1S/C34H47N3O3S.C9H20N2O2.CH3Cl/c1-7-11-25-13-8-9-14-28(25)27-21-37-20-26-15-16-29(26)34(4,39-5)19-10-12-23(2)24(3)41(6)36-33(38)30-17-18-31(40-22-27)32(37)35-30;1-12-7-9(8-13-2)11-5-3-10-4-6-11;1-2/h8-10,13-14,17-19,23-24,26-27,29H,6-7,11-12,15-16,20-22H2,1-5H3,(H,36,38);9-10H,3-8H2,1-2H3;1H3/b19-10+;;/t23?,24?,26?,27?,29?,34-,41?;;/m0../s1. The molecule has 1 aromatic heterocycles. The first-order valence-electron chi connectivity index (χ1n) is 20.5. The Bertz CT molecular complexity index is 1550. The van der Waals surface area contributed by atoms with Crippen molar-refractivity contribution in [1.29, 1.82) is 0 Å². The van der Waals surface area contributed by atoms with Gasteiger partial charge in [0.25, 0.3) is 5.91 Å². The van der Waals surface area contributed by atoms with Crippen molar-refractivity contribution in [3.63, 3.8) is 0 Å². The highest BCUT2D eigenvalue weighted by Crippen LogP contribution is 2.46. The fraction of sp³-hybridized carbons (Fsp3) is 0.659. The zero-order valence-corrected chi connectivity index (χ0v) is 36.9. The predicted octanol–water partition coefficient (Wildman–Crippen LogP) is 7.19. The molecule has 2 fully saturated rings. The summed E-state index contributed by atoms with van der Waals surface area (Å²) in [5.41, 5.74) is 2.84. The SMILES string of the molecule is C=S1NC(=O)c2ccc3c(n2)N(CC(c2ccccc2CCC)CO3)CC2CCC2[C@@](C)(OC)/C=C/CC(C)C1C.CCl.COCC(COC)N1CCNCC1. The highest BCUT2D eigenvalue weighted by atomic mass is 35.5. The largest absolute Gasteiger partial charge is 0.489 e. The van der Waals surface area contributed by atoms with Gasteiger partial charge in [-0.15, -0.1) is 11.6 Å². The molecule has 2 aromatic rings. The number of piperazine rings is 1. The summed E-state index contributed by atoms with van der Waals surface area (Å²) >= 11 is 4.64. The number of carbonyl (C=O) groups excluding carboxylic acids is 1. The monoisotopic (exact) mass is 815 g/mol. The van der Waals surface area contributed by atoms with Crippen LogP contribution in [0.1, 0.15) is 80.9 Å². The third kappa shape index (κ3) is 12.0. The van der Waals surface area contributed by atoms with Gasteiger partial charge in [-0.25, -0.2) is 4.98 Å². The number of methoxy groups -OCH3 is 3. The second kappa shape index (κ2) is 23.2. The number of nitrogens with one attached hydrogen (secondary N) is 2. The molecule has 4 aliphatic rings. The Kier molecular flexibility index (Phi) is 19.1. The minimum Gasteiger partial charge on any atom is -0.489 e. The number of pyridine rings is 1. The number of anilines is 1. The van der Waals surface area contributed by atoms with E-state index in [4.69, 9.17) is 23.9 Å². The van der Waals surface area contributed by atoms with Crippen molar-refractivity contribution in [2.45, 2.75) is 82.6 Å². The summed E-state index contributed by atoms with van der Waals surface area (Å²) in [7, 11) is 4.79. The molecule has 1 aliphatic carbocycles. The maximum absolute atomic E-state index is 13.4. The number of carbonyl (C=O) groups is 1. The number of hydrogen-bond acceptors (Lipinski definition) is 9. The van der Waals surface area contributed by atoms with E-state index in [0.717, 1.165) is 96.2 Å². The number of ether oxygens (including phenoxy) is 4. The molecule has 56 heavy (non-hydrogen) atoms. The van der Waals surface area contributed by atoms with Gasteiger partial charge in [0.2, 0.25) is 0 Å². The molecule has 1 aromatic carbocycles. The molecule has 6 unspecified atom stereocenters. The minimum atomic E-state index is -0.540. The number of benzene rings is 1. The molecule has 1 saturated heterocycles. The summed E-state index contributed by atoms with van der Waals surface area (Å²) in [6.45, 7) is 17.0. The molecule has 4 heterocycles. The topological polar surface area (TPSA) is 97.4 Å². The molecule has 314 valence electrons. The van der Waals surface area contributed by atoms with Crippen molar-refractivity contribution < 1.29 is 23.7 Å². The highest BCUT2D eigenvalue weighted by molar-refractivity contribution is 8.13. The molecule has 7 atom stereocenters. The van der Waals surface area contributed by atoms with Gasteiger partial charge in [0.1, 0.15) is 5.69 Å². The van der Waals surface area contributed by atoms with Gasteiger partial charge in [0, 0.05) is 78.1 Å². The maximum atomic E-state index is 13.4. The van der Waals surface area contributed by atoms with E-state index in [1.54, 1.807) is 20.3 Å². The predicted molar refractivity (Wildman–Crippen MR) is 235 cm³/mol. The van der Waals surface area contributed by atoms with Crippen LogP contribution in [0.25, 0.3) is 0 Å². The van der Waals surface area contributed by atoms with Gasteiger partial charge in [-0.05, 0) is 73.6 Å². The molecule has 10 nitrogen and oxygen atoms in total. The second-order valence-corrected chi connectivity index (χ2v) is 17.5. The lowest BCUT2D eigenvalue weighted by atomic mass is 9.64. The number of hydrogen-bond donors (Lipinski definition) is 2. The van der Waals surface area contributed by atoms with Crippen molar-refractivity contribution >= 4 is 39.9 Å². The molecule has 0 radical (unpaired) electrons. The van der Waals surface area contributed by atoms with Crippen LogP contribution in [0.15, 0.2) is 48.6 Å². The summed E-state index contributed by atoms with van der Waals surface area (Å²) in [6.07, 6.45) is 11.4. The second-order valence-electron chi connectivity index (χ2n) is 15.7. The molecule has 2 N–H and O–H groups in total. The van der Waals surface area contributed by atoms with Crippen molar-refractivity contribution in [1.82, 2.24) is 19.9 Å². The fourth-order valence-corrected chi connectivity index (χ4v) is 9.59. The van der Waals surface area contributed by atoms with Gasteiger partial charge < -0.3 is 33.9 Å². The van der Waals surface area contributed by atoms with E-state index in [9.17, 15) is 4.79 Å². The van der Waals surface area contributed by atoms with Crippen LogP contribution >= 0.6 is 22.3 Å². The number of fused-ring (bicyclic) bond motifs is 2. The van der Waals surface area contributed by atoms with Gasteiger partial charge in [-0.1, -0.05) is 80.2 Å². The van der Waals surface area contributed by atoms with Crippen LogP contribution in [0.2, 0.25) is 0 Å². The molecule has 6 rings (SSSR count). The van der Waals surface area contributed by atoms with Gasteiger partial charge in [0.05, 0.1) is 31.5 Å². The van der Waals surface area contributed by atoms with Crippen LogP contribution < -0.4 is 19.7 Å². The lowest BCUT2D eigenvalue weighted by molar-refractivity contribution is -0.0621. The summed E-state index contributed by atoms with van der Waals surface area (Å²) in [5, 5.41) is 3.56. The number of aromatic nitrogens is 1. The Balaban J connectivity index is 0.000000392. The van der Waals surface area contributed by atoms with E-state index >= 15 is 0 Å². The van der Waals surface area contributed by atoms with E-state index in [1.807, 2.05) is 13.2 Å². The zero-order chi connectivity index (χ0) is 40.7. The third-order valence-corrected chi connectivity index (χ3v) is 13.9. The van der Waals surface area contributed by atoms with Crippen LogP contribution in [0.4, 0.5) is 5.82 Å². The van der Waals surface area contributed by atoms with Gasteiger partial charge in [-0.3, -0.25) is 9.69 Å². The lowest BCUT2D eigenvalue weighted by Gasteiger charge is -2.48. The Labute approximate surface area is 345 Å². The van der Waals surface area contributed by atoms with Gasteiger partial charge in [-0.2, -0.15) is 0 Å². The van der Waals surface area contributed by atoms with Crippen molar-refractivity contribution in [2.75, 3.05) is 91.7 Å². The van der Waals surface area contributed by atoms with Crippen LogP contribution in [0.3, 0.4) is 0 Å². The number of halogens is 1. The van der Waals surface area contributed by atoms with E-state index in [0.29, 0.717) is 36.1 Å². The van der Waals surface area contributed by atoms with Crippen LogP contribution in [-0.4, -0.2) is 125 Å². The molecule has 3 aliphatic heterocycles. The van der Waals surface area contributed by atoms with E-state index in [-0.39, 0.29) is 22.7 Å². The Morgan fingerprint density at radius 1 is 1.05 bits per heavy atom. The quantitative estimate of drug-likeness (QED) is 0.155. The smallest absolute Gasteiger partial charge is 0.279 e.